The molecule has 0 amide bonds. The van der Waals surface area contributed by atoms with E-state index in [1.807, 2.05) is 0 Å². The lowest BCUT2D eigenvalue weighted by molar-refractivity contribution is 1.34. The molecule has 1 radical (unpaired) electrons. The van der Waals surface area contributed by atoms with Crippen LogP contribution in [0.5, 0.6) is 0 Å². The van der Waals surface area contributed by atoms with E-state index in [0.29, 0.717) is 0 Å². The molecule has 2 aromatic rings. The highest BCUT2D eigenvalue weighted by Gasteiger charge is 2.21. The summed E-state index contributed by atoms with van der Waals surface area (Å²) in [6, 6.07) is 13.2. The third-order valence-electron chi connectivity index (χ3n) is 3.13. The van der Waals surface area contributed by atoms with E-state index in [1.54, 1.807) is 5.30 Å². The maximum atomic E-state index is 2.37. The van der Waals surface area contributed by atoms with Crippen LogP contribution in [-0.2, 0) is 6.16 Å². The van der Waals surface area contributed by atoms with Gasteiger partial charge in [0.15, 0.2) is 0 Å². The molecule has 1 aromatic heterocycles. The van der Waals surface area contributed by atoms with Crippen molar-refractivity contribution < 1.29 is 0 Å². The van der Waals surface area contributed by atoms with Crippen LogP contribution in [0.3, 0.4) is 0 Å². The van der Waals surface area contributed by atoms with Gasteiger partial charge >= 0.3 is 0 Å². The summed E-state index contributed by atoms with van der Waals surface area (Å²) in [5.41, 5.74) is 2.76. The molecule has 3 rings (SSSR count). The summed E-state index contributed by atoms with van der Waals surface area (Å²) in [4.78, 5) is 0. The molecule has 1 heterocycles. The van der Waals surface area contributed by atoms with Crippen molar-refractivity contribution in [3.05, 3.63) is 70.6 Å². The lowest BCUT2D eigenvalue weighted by atomic mass is 9.99. The third kappa shape index (κ3) is 1.45. The number of aryl methyl sites for hydroxylation is 1. The molecule has 0 N–H and O–H groups in total. The van der Waals surface area contributed by atoms with Crippen LogP contribution in [0.15, 0.2) is 48.3 Å². The van der Waals surface area contributed by atoms with Crippen molar-refractivity contribution in [3.8, 4) is 0 Å². The second-order valence-corrected chi connectivity index (χ2v) is 6.37. The van der Waals surface area contributed by atoms with Crippen LogP contribution in [0.25, 0.3) is 6.08 Å². The van der Waals surface area contributed by atoms with Crippen LogP contribution in [0, 0.1) is 5.92 Å². The minimum atomic E-state index is -0.0495. The van der Waals surface area contributed by atoms with E-state index in [1.165, 1.54) is 23.2 Å². The summed E-state index contributed by atoms with van der Waals surface area (Å²) in [7, 11) is -0.0495. The number of hydrogen-bond donors (Lipinski definition) is 0. The van der Waals surface area contributed by atoms with Crippen LogP contribution in [0.1, 0.15) is 23.3 Å². The first-order valence-corrected chi connectivity index (χ1v) is 7.29. The first kappa shape index (κ1) is 9.93. The van der Waals surface area contributed by atoms with E-state index in [9.17, 15) is 0 Å². The molecule has 0 saturated carbocycles. The Morgan fingerprint density at radius 3 is 2.75 bits per heavy atom. The van der Waals surface area contributed by atoms with E-state index in [0.717, 1.165) is 0 Å². The highest BCUT2D eigenvalue weighted by molar-refractivity contribution is 7.49. The van der Waals surface area contributed by atoms with Crippen molar-refractivity contribution in [2.24, 2.45) is 0 Å². The number of fused-ring (bicyclic) bond motifs is 1. The SMILES string of the molecule is CCp1cccc1[C]1C=Cc2ccccc21. The fourth-order valence-electron chi connectivity index (χ4n) is 2.31. The van der Waals surface area contributed by atoms with E-state index in [4.69, 9.17) is 0 Å². The molecule has 0 spiro atoms. The van der Waals surface area contributed by atoms with Crippen molar-refractivity contribution in [3.63, 3.8) is 0 Å². The molecule has 1 unspecified atom stereocenters. The van der Waals surface area contributed by atoms with Gasteiger partial charge in [-0.25, -0.2) is 0 Å². The van der Waals surface area contributed by atoms with Crippen LogP contribution in [0.4, 0.5) is 0 Å². The Morgan fingerprint density at radius 1 is 1.00 bits per heavy atom. The molecule has 1 aromatic carbocycles. The highest BCUT2D eigenvalue weighted by Crippen LogP contribution is 2.45. The number of benzene rings is 1. The summed E-state index contributed by atoms with van der Waals surface area (Å²) in [6.45, 7) is 2.28. The van der Waals surface area contributed by atoms with Crippen LogP contribution >= 0.6 is 7.53 Å². The minimum Gasteiger partial charge on any atom is -0.121 e. The van der Waals surface area contributed by atoms with Gasteiger partial charge in [0.2, 0.25) is 0 Å². The highest BCUT2D eigenvalue weighted by atomic mass is 31.1. The van der Waals surface area contributed by atoms with Gasteiger partial charge in [0.1, 0.15) is 0 Å². The van der Waals surface area contributed by atoms with Gasteiger partial charge in [-0.3, -0.25) is 0 Å². The zero-order valence-electron chi connectivity index (χ0n) is 9.35. The second kappa shape index (κ2) is 3.96. The zero-order valence-corrected chi connectivity index (χ0v) is 10.2. The average molecular weight is 225 g/mol. The molecule has 0 nitrogen and oxygen atoms in total. The number of allylic oxidation sites excluding steroid dienone is 1. The Morgan fingerprint density at radius 2 is 1.88 bits per heavy atom. The van der Waals surface area contributed by atoms with E-state index < -0.39 is 0 Å². The molecule has 0 aliphatic heterocycles. The zero-order chi connectivity index (χ0) is 11.0. The molecule has 1 aliphatic carbocycles. The largest absolute Gasteiger partial charge is 0.121 e. The third-order valence-corrected chi connectivity index (χ3v) is 5.35. The van der Waals surface area contributed by atoms with Crippen LogP contribution in [0.2, 0.25) is 0 Å². The van der Waals surface area contributed by atoms with E-state index in [2.05, 4.69) is 61.3 Å². The Balaban J connectivity index is 2.08. The topological polar surface area (TPSA) is 0 Å². The minimum absolute atomic E-state index is 0.0495. The summed E-state index contributed by atoms with van der Waals surface area (Å²) in [6.07, 6.45) is 5.75. The Kier molecular flexibility index (Phi) is 2.46. The van der Waals surface area contributed by atoms with Gasteiger partial charge < -0.3 is 0 Å². The van der Waals surface area contributed by atoms with Crippen molar-refractivity contribution in [1.29, 1.82) is 0 Å². The number of rotatable bonds is 2. The maximum Gasteiger partial charge on any atom is 0.0603 e. The molecular weight excluding hydrogens is 211 g/mol. The lowest BCUT2D eigenvalue weighted by Crippen LogP contribution is -1.94. The van der Waals surface area contributed by atoms with Gasteiger partial charge in [-0.15, -0.1) is 7.53 Å². The molecule has 16 heavy (non-hydrogen) atoms. The van der Waals surface area contributed by atoms with Crippen LogP contribution < -0.4 is 0 Å². The monoisotopic (exact) mass is 225 g/mol. The molecule has 1 heteroatoms. The quantitative estimate of drug-likeness (QED) is 0.695. The fourth-order valence-corrected chi connectivity index (χ4v) is 4.10. The summed E-state index contributed by atoms with van der Waals surface area (Å²) >= 11 is 0. The normalized spacial score (nSPS) is 15.4. The van der Waals surface area contributed by atoms with Gasteiger partial charge in [0, 0.05) is 0 Å². The molecule has 79 valence electrons. The van der Waals surface area contributed by atoms with Crippen LogP contribution in [-0.4, -0.2) is 0 Å². The van der Waals surface area contributed by atoms with Gasteiger partial charge in [-0.05, 0) is 28.4 Å². The molecule has 1 aliphatic rings. The smallest absolute Gasteiger partial charge is 0.0603 e. The summed E-state index contributed by atoms with van der Waals surface area (Å²) < 4.78 is 0. The predicted molar refractivity (Wildman–Crippen MR) is 71.7 cm³/mol. The Labute approximate surface area is 97.7 Å². The van der Waals surface area contributed by atoms with Crippen molar-refractivity contribution in [2.45, 2.75) is 13.1 Å². The second-order valence-electron chi connectivity index (χ2n) is 4.01. The fraction of sp³-hybridized carbons (Fsp3) is 0.133. The van der Waals surface area contributed by atoms with Crippen molar-refractivity contribution >= 4 is 13.6 Å². The average Bonchev–Trinajstić information content (AvgIpc) is 2.94. The van der Waals surface area contributed by atoms with Gasteiger partial charge in [-0.1, -0.05) is 55.5 Å². The molecular formula is C15H14P. The summed E-state index contributed by atoms with van der Waals surface area (Å²) in [5, 5.41) is 1.54. The van der Waals surface area contributed by atoms with E-state index >= 15 is 0 Å². The molecule has 1 atom stereocenters. The molecule has 0 bridgehead atoms. The first-order valence-electron chi connectivity index (χ1n) is 5.70. The van der Waals surface area contributed by atoms with Gasteiger partial charge in [0.25, 0.3) is 0 Å². The van der Waals surface area contributed by atoms with Gasteiger partial charge in [0.05, 0.1) is 5.92 Å². The summed E-state index contributed by atoms with van der Waals surface area (Å²) in [5.74, 6) is 3.81. The molecule has 0 saturated heterocycles. The standard InChI is InChI=1S/C15H14P/c1-2-16-11-5-8-15(16)14-10-9-12-6-3-4-7-13(12)14/h3-11H,2H2,1H3. The lowest BCUT2D eigenvalue weighted by Gasteiger charge is -2.11. The van der Waals surface area contributed by atoms with Crippen molar-refractivity contribution in [2.75, 3.05) is 0 Å². The maximum absolute atomic E-state index is 2.37. The molecule has 0 fully saturated rings. The predicted octanol–water partition coefficient (Wildman–Crippen LogP) is 4.69. The number of hydrogen-bond acceptors (Lipinski definition) is 0. The van der Waals surface area contributed by atoms with E-state index in [-0.39, 0.29) is 7.53 Å². The van der Waals surface area contributed by atoms with Crippen molar-refractivity contribution in [1.82, 2.24) is 0 Å². The first-order chi connectivity index (χ1) is 7.90. The van der Waals surface area contributed by atoms with Gasteiger partial charge in [-0.2, -0.15) is 0 Å². The Bertz CT molecular complexity index is 534. The Hall–Kier alpha value is -1.26.